The molecule has 4 heterocycles. The lowest BCUT2D eigenvalue weighted by Gasteiger charge is -2.28. The molecule has 1 N–H and O–H groups in total. The number of hydrogen-bond acceptors (Lipinski definition) is 9. The van der Waals surface area contributed by atoms with Gasteiger partial charge in [0, 0.05) is 23.5 Å². The van der Waals surface area contributed by atoms with Gasteiger partial charge in [-0.3, -0.25) is 0 Å². The van der Waals surface area contributed by atoms with E-state index in [1.165, 1.54) is 30.6 Å². The van der Waals surface area contributed by atoms with Gasteiger partial charge in [-0.05, 0) is 48.4 Å². The van der Waals surface area contributed by atoms with Crippen LogP contribution in [0.15, 0.2) is 48.5 Å². The van der Waals surface area contributed by atoms with Crippen LogP contribution in [0, 0.1) is 18.2 Å². The van der Waals surface area contributed by atoms with E-state index in [1.54, 1.807) is 18.2 Å². The number of carbonyl (C=O) groups is 1. The number of fused-ring (bicyclic) bond motifs is 1. The second kappa shape index (κ2) is 11.3. The molecule has 1 aliphatic heterocycles. The number of ether oxygens (including phenoxy) is 3. The molecule has 2 aromatic carbocycles. The number of rotatable bonds is 9. The van der Waals surface area contributed by atoms with Crippen LogP contribution in [-0.2, 0) is 17.8 Å². The summed E-state index contributed by atoms with van der Waals surface area (Å²) in [7, 11) is 1.53. The van der Waals surface area contributed by atoms with E-state index in [1.807, 2.05) is 29.7 Å². The third-order valence-corrected chi connectivity index (χ3v) is 8.54. The molecule has 1 aliphatic rings. The first-order valence-electron chi connectivity index (χ1n) is 13.7. The first kappa shape index (κ1) is 28.7. The van der Waals surface area contributed by atoms with Crippen LogP contribution >= 0.6 is 11.3 Å². The zero-order valence-corrected chi connectivity index (χ0v) is 24.9. The van der Waals surface area contributed by atoms with Crippen LogP contribution in [0.4, 0.5) is 4.39 Å². The number of nitrogens with zero attached hydrogens (tertiary/aromatic N) is 5. The third kappa shape index (κ3) is 5.67. The van der Waals surface area contributed by atoms with Gasteiger partial charge in [0.05, 0.1) is 48.7 Å². The number of benzene rings is 2. The highest BCUT2D eigenvalue weighted by molar-refractivity contribution is 7.13. The Balaban J connectivity index is 1.31. The molecule has 0 spiro atoms. The molecule has 0 aliphatic carbocycles. The van der Waals surface area contributed by atoms with E-state index in [2.05, 4.69) is 29.0 Å². The standard InChI is InChI=1S/C31H30FN5O5S/c1-17-10-19(21(32)13-20(17)22-6-5-7-27(34-22)42-15-28-35-36-30(40-4)43-28)12-26-33-23-9-8-18(29(38)39)11-24(23)37(26)25-14-41-16-31(25,2)3/h5-11,13,25H,12,14-16H2,1-4H3,(H,38,39). The SMILES string of the molecule is COc1nnc(COc2cccc(-c3cc(F)c(Cc4nc5ccc(C(=O)O)cc5n4C4COCC4(C)C)cc3C)n2)s1. The number of aromatic nitrogens is 5. The Labute approximate surface area is 251 Å². The number of aryl methyl sites for hydroxylation is 1. The molecule has 0 bridgehead atoms. The maximum absolute atomic E-state index is 15.8. The number of hydrogen-bond donors (Lipinski definition) is 1. The molecule has 0 radical (unpaired) electrons. The second-order valence-electron chi connectivity index (χ2n) is 11.2. The van der Waals surface area contributed by atoms with E-state index >= 15 is 4.39 Å². The van der Waals surface area contributed by atoms with E-state index < -0.39 is 5.97 Å². The number of carboxylic acid groups (broad SMARTS) is 1. The minimum absolute atomic E-state index is 0.0897. The number of carboxylic acids is 1. The number of pyridine rings is 1. The molecule has 5 aromatic rings. The number of methoxy groups -OCH3 is 1. The average Bonchev–Trinajstić information content (AvgIpc) is 3.69. The maximum Gasteiger partial charge on any atom is 0.335 e. The topological polar surface area (TPSA) is 121 Å². The molecule has 1 fully saturated rings. The smallest absolute Gasteiger partial charge is 0.335 e. The molecule has 6 rings (SSSR count). The second-order valence-corrected chi connectivity index (χ2v) is 12.2. The largest absolute Gasteiger partial charge is 0.478 e. The van der Waals surface area contributed by atoms with Gasteiger partial charge in [0.1, 0.15) is 18.2 Å². The fraction of sp³-hybridized carbons (Fsp3) is 0.323. The highest BCUT2D eigenvalue weighted by Gasteiger charge is 2.39. The molecule has 1 atom stereocenters. The zero-order valence-electron chi connectivity index (χ0n) is 24.1. The molecule has 43 heavy (non-hydrogen) atoms. The number of aromatic carboxylic acids is 1. The number of imidazole rings is 1. The summed E-state index contributed by atoms with van der Waals surface area (Å²) in [5, 5.41) is 18.6. The van der Waals surface area contributed by atoms with Gasteiger partial charge in [-0.25, -0.2) is 19.2 Å². The van der Waals surface area contributed by atoms with Crippen molar-refractivity contribution in [3.8, 4) is 22.3 Å². The van der Waals surface area contributed by atoms with Crippen molar-refractivity contribution >= 4 is 28.3 Å². The number of halogens is 1. The van der Waals surface area contributed by atoms with Gasteiger partial charge in [-0.15, -0.1) is 5.10 Å². The van der Waals surface area contributed by atoms with E-state index in [-0.39, 0.29) is 35.9 Å². The molecule has 1 unspecified atom stereocenters. The average molecular weight is 604 g/mol. The summed E-state index contributed by atoms with van der Waals surface area (Å²) in [5.41, 5.74) is 3.85. The summed E-state index contributed by atoms with van der Waals surface area (Å²) >= 11 is 1.28. The summed E-state index contributed by atoms with van der Waals surface area (Å²) in [4.78, 5) is 21.2. The van der Waals surface area contributed by atoms with Crippen LogP contribution in [-0.4, -0.2) is 56.1 Å². The maximum atomic E-state index is 15.8. The Morgan fingerprint density at radius 1 is 1.19 bits per heavy atom. The van der Waals surface area contributed by atoms with Crippen molar-refractivity contribution in [2.24, 2.45) is 5.41 Å². The van der Waals surface area contributed by atoms with E-state index in [4.69, 9.17) is 19.2 Å². The van der Waals surface area contributed by atoms with E-state index in [9.17, 15) is 9.90 Å². The summed E-state index contributed by atoms with van der Waals surface area (Å²) in [6.45, 7) is 7.33. The third-order valence-electron chi connectivity index (χ3n) is 7.68. The van der Waals surface area contributed by atoms with Gasteiger partial charge in [-0.2, -0.15) is 0 Å². The minimum Gasteiger partial charge on any atom is -0.478 e. The van der Waals surface area contributed by atoms with E-state index in [0.717, 1.165) is 5.56 Å². The molecular weight excluding hydrogens is 573 g/mol. The minimum atomic E-state index is -1.01. The lowest BCUT2D eigenvalue weighted by molar-refractivity contribution is 0.0697. The molecule has 0 amide bonds. The molecule has 0 saturated carbocycles. The zero-order chi connectivity index (χ0) is 30.3. The van der Waals surface area contributed by atoms with Crippen LogP contribution in [0.25, 0.3) is 22.3 Å². The van der Waals surface area contributed by atoms with Crippen molar-refractivity contribution in [2.45, 2.75) is 39.8 Å². The Kier molecular flexibility index (Phi) is 7.57. The Hall–Kier alpha value is -4.42. The normalized spacial score (nSPS) is 16.1. The summed E-state index contributed by atoms with van der Waals surface area (Å²) in [6, 6.07) is 13.4. The van der Waals surface area contributed by atoms with Crippen molar-refractivity contribution in [3.05, 3.63) is 81.9 Å². The monoisotopic (exact) mass is 603 g/mol. The predicted molar refractivity (Wildman–Crippen MR) is 158 cm³/mol. The van der Waals surface area contributed by atoms with Crippen LogP contribution < -0.4 is 9.47 Å². The van der Waals surface area contributed by atoms with Gasteiger partial charge in [-0.1, -0.05) is 42.4 Å². The first-order valence-corrected chi connectivity index (χ1v) is 14.5. The molecule has 3 aromatic heterocycles. The van der Waals surface area contributed by atoms with Gasteiger partial charge in [0.25, 0.3) is 5.19 Å². The summed E-state index contributed by atoms with van der Waals surface area (Å²) < 4.78 is 34.5. The fourth-order valence-corrected chi connectivity index (χ4v) is 5.98. The van der Waals surface area contributed by atoms with Crippen LogP contribution in [0.5, 0.6) is 11.1 Å². The van der Waals surface area contributed by atoms with Crippen molar-refractivity contribution in [1.82, 2.24) is 24.7 Å². The predicted octanol–water partition coefficient (Wildman–Crippen LogP) is 5.87. The van der Waals surface area contributed by atoms with E-state index in [0.29, 0.717) is 63.0 Å². The fourth-order valence-electron chi connectivity index (χ4n) is 5.41. The van der Waals surface area contributed by atoms with Gasteiger partial charge >= 0.3 is 5.97 Å². The molecular formula is C31H30FN5O5S. The highest BCUT2D eigenvalue weighted by Crippen LogP contribution is 2.40. The first-order chi connectivity index (χ1) is 20.6. The van der Waals surface area contributed by atoms with Crippen molar-refractivity contribution in [3.63, 3.8) is 0 Å². The lowest BCUT2D eigenvalue weighted by atomic mass is 9.87. The molecule has 1 saturated heterocycles. The van der Waals surface area contributed by atoms with Crippen LogP contribution in [0.3, 0.4) is 0 Å². The molecule has 10 nitrogen and oxygen atoms in total. The van der Waals surface area contributed by atoms with Gasteiger partial charge in [0.15, 0.2) is 5.01 Å². The highest BCUT2D eigenvalue weighted by atomic mass is 32.1. The van der Waals surface area contributed by atoms with Crippen LogP contribution in [0.2, 0.25) is 0 Å². The van der Waals surface area contributed by atoms with Crippen LogP contribution in [0.1, 0.15) is 52.2 Å². The van der Waals surface area contributed by atoms with Gasteiger partial charge < -0.3 is 23.9 Å². The molecule has 222 valence electrons. The van der Waals surface area contributed by atoms with Crippen molar-refractivity contribution < 1.29 is 28.5 Å². The summed E-state index contributed by atoms with van der Waals surface area (Å²) in [6.07, 6.45) is 0.221. The lowest BCUT2D eigenvalue weighted by Crippen LogP contribution is -2.27. The molecule has 12 heteroatoms. The quantitative estimate of drug-likeness (QED) is 0.220. The van der Waals surface area contributed by atoms with Gasteiger partial charge in [0.2, 0.25) is 5.88 Å². The Morgan fingerprint density at radius 3 is 2.74 bits per heavy atom. The van der Waals surface area contributed by atoms with Crippen molar-refractivity contribution in [2.75, 3.05) is 20.3 Å². The summed E-state index contributed by atoms with van der Waals surface area (Å²) in [5.74, 6) is -0.374. The van der Waals surface area contributed by atoms with Crippen molar-refractivity contribution in [1.29, 1.82) is 0 Å². The Bertz CT molecular complexity index is 1830. The Morgan fingerprint density at radius 2 is 2.02 bits per heavy atom.